The molecule has 1 amide bonds. The molecule has 0 saturated heterocycles. The highest BCUT2D eigenvalue weighted by atomic mass is 32.2. The van der Waals surface area contributed by atoms with Crippen molar-refractivity contribution in [2.24, 2.45) is 0 Å². The Morgan fingerprint density at radius 2 is 1.63 bits per heavy atom. The fraction of sp³-hybridized carbons (Fsp3) is 0.111. The summed E-state index contributed by atoms with van der Waals surface area (Å²) in [6.45, 7) is 4.17. The molecule has 0 aliphatic carbocycles. The first-order chi connectivity index (χ1) is 17.1. The third-order valence-electron chi connectivity index (χ3n) is 6.08. The van der Waals surface area contributed by atoms with E-state index in [1.54, 1.807) is 18.0 Å². The molecule has 6 rings (SSSR count). The molecule has 0 radical (unpaired) electrons. The molecule has 1 aliphatic heterocycles. The smallest absolute Gasteiger partial charge is 0.242 e. The number of fused-ring (bicyclic) bond motifs is 3. The lowest BCUT2D eigenvalue weighted by Crippen LogP contribution is -2.30. The van der Waals surface area contributed by atoms with Gasteiger partial charge in [-0.25, -0.2) is 14.6 Å². The first-order valence-electron chi connectivity index (χ1n) is 11.2. The Labute approximate surface area is 211 Å². The minimum absolute atomic E-state index is 0.00325. The number of rotatable bonds is 4. The van der Waals surface area contributed by atoms with Crippen LogP contribution in [0.5, 0.6) is 0 Å². The molecule has 172 valence electrons. The molecule has 0 fully saturated rings. The van der Waals surface area contributed by atoms with Crippen molar-refractivity contribution in [2.45, 2.75) is 28.7 Å². The maximum atomic E-state index is 13.6. The molecule has 35 heavy (non-hydrogen) atoms. The first-order valence-corrected chi connectivity index (χ1v) is 13.0. The van der Waals surface area contributed by atoms with E-state index in [1.165, 1.54) is 29.2 Å². The molecule has 0 bridgehead atoms. The number of benzene rings is 3. The summed E-state index contributed by atoms with van der Waals surface area (Å²) in [5.41, 5.74) is 5.93. The normalized spacial score (nSPS) is 12.5. The van der Waals surface area contributed by atoms with Crippen LogP contribution in [0.2, 0.25) is 0 Å². The molecule has 5 aromatic rings. The minimum Gasteiger partial charge on any atom is -0.278 e. The molecule has 2 aromatic heterocycles. The number of thioether (sulfide) groups is 1. The zero-order chi connectivity index (χ0) is 23.9. The number of amides is 1. The maximum Gasteiger partial charge on any atom is 0.242 e. The summed E-state index contributed by atoms with van der Waals surface area (Å²) in [6, 6.07) is 22.3. The van der Waals surface area contributed by atoms with Crippen molar-refractivity contribution >= 4 is 51.8 Å². The maximum absolute atomic E-state index is 13.6. The highest BCUT2D eigenvalue weighted by Crippen LogP contribution is 2.48. The Kier molecular flexibility index (Phi) is 5.54. The van der Waals surface area contributed by atoms with Gasteiger partial charge in [0.2, 0.25) is 5.91 Å². The van der Waals surface area contributed by atoms with Gasteiger partial charge in [-0.2, -0.15) is 5.10 Å². The van der Waals surface area contributed by atoms with Crippen LogP contribution in [0.1, 0.15) is 11.1 Å². The molecule has 0 spiro atoms. The summed E-state index contributed by atoms with van der Waals surface area (Å²) < 4.78 is 1.82. The Bertz CT molecular complexity index is 1550. The number of aromatic nitrogens is 4. The number of aryl methyl sites for hydroxylation is 2. The number of carbonyl (C=O) groups excluding carboxylic acids is 1. The van der Waals surface area contributed by atoms with Gasteiger partial charge < -0.3 is 0 Å². The molecule has 3 aromatic carbocycles. The standard InChI is InChI=1S/C27H21N5OS2/c1-17-11-12-19(13-18(17)2)32-26-20(14-30-32)27(29-16-28-26)34-15-25(33)31-21-7-3-5-9-23(21)35-24-10-6-4-8-22(24)31/h3-14,16H,15H2,1-2H3. The molecular formula is C27H21N5OS2. The van der Waals surface area contributed by atoms with Gasteiger partial charge in [-0.15, -0.1) is 0 Å². The fourth-order valence-electron chi connectivity index (χ4n) is 4.15. The predicted octanol–water partition coefficient (Wildman–Crippen LogP) is 6.35. The number of nitrogens with zero attached hydrogens (tertiary/aromatic N) is 5. The Hall–Kier alpha value is -3.62. The summed E-state index contributed by atoms with van der Waals surface area (Å²) in [7, 11) is 0. The monoisotopic (exact) mass is 495 g/mol. The Morgan fingerprint density at radius 1 is 0.914 bits per heavy atom. The van der Waals surface area contributed by atoms with Gasteiger partial charge in [-0.3, -0.25) is 9.69 Å². The van der Waals surface area contributed by atoms with Crippen molar-refractivity contribution in [1.82, 2.24) is 19.7 Å². The van der Waals surface area contributed by atoms with E-state index in [1.807, 2.05) is 52.0 Å². The largest absolute Gasteiger partial charge is 0.278 e. The molecule has 8 heteroatoms. The molecule has 0 atom stereocenters. The minimum atomic E-state index is 0.00325. The van der Waals surface area contributed by atoms with Crippen LogP contribution >= 0.6 is 23.5 Å². The second kappa shape index (κ2) is 8.87. The second-order valence-corrected chi connectivity index (χ2v) is 10.3. The van der Waals surface area contributed by atoms with E-state index in [4.69, 9.17) is 0 Å². The van der Waals surface area contributed by atoms with Crippen LogP contribution in [0, 0.1) is 13.8 Å². The van der Waals surface area contributed by atoms with Crippen LogP contribution in [-0.2, 0) is 4.79 Å². The zero-order valence-electron chi connectivity index (χ0n) is 19.2. The Morgan fingerprint density at radius 3 is 2.34 bits per heavy atom. The molecule has 0 N–H and O–H groups in total. The lowest BCUT2D eigenvalue weighted by Gasteiger charge is -2.30. The quantitative estimate of drug-likeness (QED) is 0.214. The average molecular weight is 496 g/mol. The van der Waals surface area contributed by atoms with Crippen molar-refractivity contribution < 1.29 is 4.79 Å². The number of hydrogen-bond acceptors (Lipinski definition) is 6. The molecular weight excluding hydrogens is 474 g/mol. The molecule has 6 nitrogen and oxygen atoms in total. The summed E-state index contributed by atoms with van der Waals surface area (Å²) >= 11 is 3.10. The van der Waals surface area contributed by atoms with Gasteiger partial charge >= 0.3 is 0 Å². The van der Waals surface area contributed by atoms with Crippen LogP contribution in [-0.4, -0.2) is 31.4 Å². The van der Waals surface area contributed by atoms with Crippen molar-refractivity contribution in [1.29, 1.82) is 0 Å². The predicted molar refractivity (Wildman–Crippen MR) is 141 cm³/mol. The van der Waals surface area contributed by atoms with Gasteiger partial charge in [0.15, 0.2) is 5.65 Å². The van der Waals surface area contributed by atoms with E-state index in [0.717, 1.165) is 42.9 Å². The van der Waals surface area contributed by atoms with Crippen molar-refractivity contribution in [3.63, 3.8) is 0 Å². The summed E-state index contributed by atoms with van der Waals surface area (Å²) in [5, 5.41) is 6.15. The van der Waals surface area contributed by atoms with Gasteiger partial charge in [-0.1, -0.05) is 53.9 Å². The third-order valence-corrected chi connectivity index (χ3v) is 8.20. The van der Waals surface area contributed by atoms with E-state index in [0.29, 0.717) is 0 Å². The van der Waals surface area contributed by atoms with E-state index in [9.17, 15) is 4.79 Å². The fourth-order valence-corrected chi connectivity index (χ4v) is 6.02. The summed E-state index contributed by atoms with van der Waals surface area (Å²) in [4.78, 5) is 26.5. The van der Waals surface area contributed by atoms with E-state index in [2.05, 4.69) is 53.2 Å². The molecule has 3 heterocycles. The van der Waals surface area contributed by atoms with Gasteiger partial charge in [0.05, 0.1) is 34.4 Å². The zero-order valence-corrected chi connectivity index (χ0v) is 20.8. The molecule has 0 saturated carbocycles. The van der Waals surface area contributed by atoms with E-state index >= 15 is 0 Å². The lowest BCUT2D eigenvalue weighted by molar-refractivity contribution is -0.115. The number of carbonyl (C=O) groups is 1. The topological polar surface area (TPSA) is 63.9 Å². The average Bonchev–Trinajstić information content (AvgIpc) is 3.32. The molecule has 1 aliphatic rings. The number of anilines is 2. The second-order valence-electron chi connectivity index (χ2n) is 8.30. The summed E-state index contributed by atoms with van der Waals surface area (Å²) in [6.07, 6.45) is 3.32. The van der Waals surface area contributed by atoms with E-state index in [-0.39, 0.29) is 11.7 Å². The van der Waals surface area contributed by atoms with Crippen LogP contribution in [0.25, 0.3) is 16.7 Å². The van der Waals surface area contributed by atoms with Gasteiger partial charge in [0, 0.05) is 9.79 Å². The number of hydrogen-bond donors (Lipinski definition) is 0. The number of para-hydroxylation sites is 2. The molecule has 0 unspecified atom stereocenters. The summed E-state index contributed by atoms with van der Waals surface area (Å²) in [5.74, 6) is 0.248. The lowest BCUT2D eigenvalue weighted by atomic mass is 10.1. The van der Waals surface area contributed by atoms with Gasteiger partial charge in [-0.05, 0) is 61.4 Å². The van der Waals surface area contributed by atoms with Crippen LogP contribution < -0.4 is 4.90 Å². The van der Waals surface area contributed by atoms with Crippen molar-refractivity contribution in [3.05, 3.63) is 90.4 Å². The highest BCUT2D eigenvalue weighted by Gasteiger charge is 2.28. The first kappa shape index (κ1) is 21.9. The highest BCUT2D eigenvalue weighted by molar-refractivity contribution is 8.00. The van der Waals surface area contributed by atoms with Crippen molar-refractivity contribution in [3.8, 4) is 5.69 Å². The van der Waals surface area contributed by atoms with Crippen LogP contribution in [0.15, 0.2) is 94.1 Å². The van der Waals surface area contributed by atoms with E-state index < -0.39 is 0 Å². The Balaban J connectivity index is 1.30. The van der Waals surface area contributed by atoms with Crippen LogP contribution in [0.4, 0.5) is 11.4 Å². The van der Waals surface area contributed by atoms with Crippen LogP contribution in [0.3, 0.4) is 0 Å². The van der Waals surface area contributed by atoms with Gasteiger partial charge in [0.25, 0.3) is 0 Å². The van der Waals surface area contributed by atoms with Gasteiger partial charge in [0.1, 0.15) is 11.4 Å². The third kappa shape index (κ3) is 3.88. The SMILES string of the molecule is Cc1ccc(-n2ncc3c(SCC(=O)N4c5ccccc5Sc5ccccc54)ncnc32)cc1C. The van der Waals surface area contributed by atoms with Crippen molar-refractivity contribution in [2.75, 3.05) is 10.7 Å².